The second-order valence-electron chi connectivity index (χ2n) is 33.9. The van der Waals surface area contributed by atoms with E-state index in [9.17, 15) is 95.8 Å². The number of phenolic OH excluding ortho intramolecular Hbond substituents is 4. The largest absolute Gasteiger partial charge is 0.508 e. The number of carbonyl (C=O) groups excluding carboxylic acids is 9. The number of hydrogen-bond donors (Lipinski definition) is 25. The van der Waals surface area contributed by atoms with Crippen molar-refractivity contribution in [3.63, 3.8) is 0 Å². The highest BCUT2D eigenvalue weighted by molar-refractivity contribution is 6.32. The number of phenols is 4. The molecule has 9 aliphatic rings. The molecule has 0 spiro atoms. The molecule has 728 valence electrons. The number of halogens is 2. The molecule has 0 radical (unpaired) electrons. The number of nitrogens with one attached hydrogen (secondary N) is 9. The van der Waals surface area contributed by atoms with Crippen LogP contribution in [0, 0.1) is 5.92 Å². The van der Waals surface area contributed by atoms with Gasteiger partial charge in [0.1, 0.15) is 156 Å². The summed E-state index contributed by atoms with van der Waals surface area (Å²) in [6.07, 6.45) is -26.2. The maximum atomic E-state index is 17.1. The van der Waals surface area contributed by atoms with Crippen molar-refractivity contribution < 1.29 is 167 Å². The van der Waals surface area contributed by atoms with Gasteiger partial charge in [-0.1, -0.05) is 87.0 Å². The van der Waals surface area contributed by atoms with Crippen molar-refractivity contribution in [3.8, 4) is 80.1 Å². The number of rotatable bonds is 21. The Morgan fingerprint density at radius 1 is 0.493 bits per heavy atom. The number of unbranched alkanes of at least 4 members (excludes halogenated alkanes) is 3. The lowest BCUT2D eigenvalue weighted by atomic mass is 9.89. The van der Waals surface area contributed by atoms with Gasteiger partial charge in [0.15, 0.2) is 35.3 Å². The molecule has 136 heavy (non-hydrogen) atoms. The van der Waals surface area contributed by atoms with Crippen LogP contribution in [0.2, 0.25) is 10.0 Å². The van der Waals surface area contributed by atoms with Crippen LogP contribution in [0.5, 0.6) is 69.0 Å². The number of amides is 9. The van der Waals surface area contributed by atoms with Crippen molar-refractivity contribution in [3.05, 3.63) is 164 Å². The molecule has 9 aliphatic heterocycles. The molecule has 9 heterocycles. The first kappa shape index (κ1) is 99.4. The second-order valence-corrected chi connectivity index (χ2v) is 34.7. The monoisotopic (exact) mass is 1930 g/mol. The van der Waals surface area contributed by atoms with Gasteiger partial charge < -0.3 is 173 Å². The topological polar surface area (TPSA) is 692 Å². The van der Waals surface area contributed by atoms with Crippen LogP contribution in [0.15, 0.2) is 115 Å². The summed E-state index contributed by atoms with van der Waals surface area (Å²) in [6.45, 7) is 1.23. The van der Waals surface area contributed by atoms with Crippen molar-refractivity contribution >= 4 is 82.3 Å². The predicted octanol–water partition coefficient (Wildman–Crippen LogP) is 0.136. The third kappa shape index (κ3) is 21.8. The van der Waals surface area contributed by atoms with Crippen LogP contribution in [0.1, 0.15) is 135 Å². The first-order valence-corrected chi connectivity index (χ1v) is 43.9. The fourth-order valence-electron chi connectivity index (χ4n) is 16.8. The number of aromatic hydroxyl groups is 4. The molecular formula is C90H100Cl2N10O34. The predicted molar refractivity (Wildman–Crippen MR) is 466 cm³/mol. The maximum absolute atomic E-state index is 17.1. The zero-order chi connectivity index (χ0) is 97.9. The second kappa shape index (κ2) is 42.4. The zero-order valence-corrected chi connectivity index (χ0v) is 73.9. The molecule has 0 aliphatic carbocycles. The first-order valence-electron chi connectivity index (χ1n) is 43.1. The number of carbonyl (C=O) groups is 10. The minimum atomic E-state index is -2.61. The number of fused-ring (bicyclic) bond motifs is 14. The molecule has 17 bridgehead atoms. The Morgan fingerprint density at radius 3 is 1.68 bits per heavy atom. The summed E-state index contributed by atoms with van der Waals surface area (Å²) in [5, 5.41) is 193. The minimum Gasteiger partial charge on any atom is -0.508 e. The highest BCUT2D eigenvalue weighted by Crippen LogP contribution is 2.51. The van der Waals surface area contributed by atoms with Gasteiger partial charge in [0.25, 0.3) is 0 Å². The lowest BCUT2D eigenvalue weighted by Crippen LogP contribution is -2.65. The van der Waals surface area contributed by atoms with Gasteiger partial charge in [0.2, 0.25) is 71.5 Å². The SMILES string of the molecule is CC(=O)N[C@H]1[C@H](O[C@@H]2c3ccc(c(Cl)c3)Oc3cc4cc(c3O[C@@H]3O[C@H](CO)[C@@H](O)[C@H](O)[C@H]3NC(=O)CCCCCCC(C)C)Oc3ccc(cc3Cl)C[C@H]3NC(=O)[C@@H](NC(=O)CN)c5ccc(O)c(c5)Oc5cc(O)cc(c5)[C@H](NC3=O)C(=O)N[C@H]4C(=O)N[C@H]3C(=O)N[C@@H]2C(=O)N[C@H](C(=O)O)c2cc(O)cc(O[C@H]4O[C@H](CO)[C@@H](O)[C@H](O)[C@@H]4O)c2-c2cc3ccc2O)O[C@H](CO)[C@@H](O)[C@@H]1O. The Hall–Kier alpha value is -12.6. The van der Waals surface area contributed by atoms with Gasteiger partial charge in [-0.3, -0.25) is 43.2 Å². The average molecular weight is 1940 g/mol. The average Bonchev–Trinajstić information content (AvgIpc) is 0.771. The van der Waals surface area contributed by atoms with Crippen LogP contribution in [-0.2, 0) is 73.3 Å². The normalized spacial score (nSPS) is 28.3. The van der Waals surface area contributed by atoms with Crippen LogP contribution < -0.4 is 77.3 Å². The van der Waals surface area contributed by atoms with E-state index >= 15 is 28.8 Å². The molecule has 46 heteroatoms. The van der Waals surface area contributed by atoms with E-state index in [0.717, 1.165) is 117 Å². The van der Waals surface area contributed by atoms with Crippen molar-refractivity contribution in [1.82, 2.24) is 47.9 Å². The number of carboxylic acid groups (broad SMARTS) is 1. The number of hydrogen-bond acceptors (Lipinski definition) is 34. The fraction of sp³-hybridized carbons (Fsp3) is 0.422. The van der Waals surface area contributed by atoms with Crippen LogP contribution >= 0.6 is 23.2 Å². The Balaban J connectivity index is 1.04. The molecule has 0 saturated carbocycles. The highest BCUT2D eigenvalue weighted by atomic mass is 35.5. The Kier molecular flexibility index (Phi) is 31.0. The van der Waals surface area contributed by atoms with E-state index in [1.54, 1.807) is 0 Å². The van der Waals surface area contributed by atoms with Crippen LogP contribution in [0.3, 0.4) is 0 Å². The van der Waals surface area contributed by atoms with Gasteiger partial charge in [-0.2, -0.15) is 0 Å². The lowest BCUT2D eigenvalue weighted by Gasteiger charge is -2.44. The first-order chi connectivity index (χ1) is 64.8. The Morgan fingerprint density at radius 2 is 1.05 bits per heavy atom. The van der Waals surface area contributed by atoms with Gasteiger partial charge in [0, 0.05) is 48.6 Å². The van der Waals surface area contributed by atoms with E-state index in [2.05, 4.69) is 61.7 Å². The molecular weight excluding hydrogens is 1840 g/mol. The fourth-order valence-corrected chi connectivity index (χ4v) is 17.3. The van der Waals surface area contributed by atoms with Crippen LogP contribution in [0.25, 0.3) is 11.1 Å². The zero-order valence-electron chi connectivity index (χ0n) is 72.4. The third-order valence-electron chi connectivity index (χ3n) is 23.8. The molecule has 9 amide bonds. The summed E-state index contributed by atoms with van der Waals surface area (Å²) < 4.78 is 57.6. The smallest absolute Gasteiger partial charge is 0.330 e. The lowest BCUT2D eigenvalue weighted by molar-refractivity contribution is -0.284. The number of carboxylic acids is 1. The van der Waals surface area contributed by atoms with Crippen molar-refractivity contribution in [1.29, 1.82) is 0 Å². The molecule has 0 unspecified atom stereocenters. The molecule has 3 fully saturated rings. The number of aliphatic carboxylic acids is 1. The minimum absolute atomic E-state index is 0.0781. The third-order valence-corrected chi connectivity index (χ3v) is 24.4. The Labute approximate surface area is 782 Å². The van der Waals surface area contributed by atoms with E-state index in [1.165, 1.54) is 24.3 Å². The highest BCUT2D eigenvalue weighted by Gasteiger charge is 2.53. The summed E-state index contributed by atoms with van der Waals surface area (Å²) in [4.78, 5) is 153. The molecule has 16 rings (SSSR count). The van der Waals surface area contributed by atoms with Gasteiger partial charge in [0.05, 0.1) is 36.4 Å². The summed E-state index contributed by atoms with van der Waals surface area (Å²) >= 11 is 14.8. The summed E-state index contributed by atoms with van der Waals surface area (Å²) in [7, 11) is 0. The summed E-state index contributed by atoms with van der Waals surface area (Å²) in [5.74, 6) is -20.8. The van der Waals surface area contributed by atoms with Crippen molar-refractivity contribution in [2.24, 2.45) is 11.7 Å². The Bertz CT molecular complexity index is 5720. The standard InChI is InChI=1S/C90H100Cl2N10O34/c1-34(2)8-6-4-5-7-9-61(111)96-70-76(117)73(114)59(32-104)133-89(70)136-80-56-25-41-26-57(80)130-53-17-13-39(23-48(53)92)79(135-88-69(94-35(3)106)75(116)72(113)58(31-103)132-88)71-86(125)101-68(87(126)127)46-28-43(108)29-55(131-90-78(119)77(118)74(115)60(33-105)134-90)63(46)45-22-37(11-14-50(45)109)65(83(122)102-71)99-85(124)67(41)100-84(123)66-40-20-42(107)27-44(21-40)128-54-24-38(12-15-51(54)110)64(97-62(112)30-93)82(121)95-49(81(120)98-66)19-36-10-16-52(129-56)47(91)18-36/h10-18,20-29,34,49,58-60,64-79,88-90,103-105,107-110,113-119H,4-9,19,30-33,93H2,1-3H3,(H,94,106)(H,95,121)(H,96,111)(H,97,112)(H,98,120)(H,99,124)(H,100,123)(H,101,125)(H,102,122)(H,126,127)/t49-,58-,59-,60-,64+,65-,66+,67-,68+,69-,70-,71+,72-,73-,74-,75-,76-,77+,78+,79-,88+,89+,90+/m1/s1. The molecule has 0 aromatic heterocycles. The van der Waals surface area contributed by atoms with Crippen molar-refractivity contribution in [2.45, 2.75) is 206 Å². The molecule has 7 aromatic carbocycles. The molecule has 3 saturated heterocycles. The van der Waals surface area contributed by atoms with E-state index in [4.69, 9.17) is 71.6 Å². The number of nitrogens with two attached hydrogens (primary N) is 1. The van der Waals surface area contributed by atoms with Gasteiger partial charge in [-0.15, -0.1) is 0 Å². The number of aliphatic hydroxyl groups is 10. The van der Waals surface area contributed by atoms with E-state index in [-0.39, 0.29) is 28.3 Å². The van der Waals surface area contributed by atoms with Gasteiger partial charge in [-0.05, 0) is 125 Å². The van der Waals surface area contributed by atoms with E-state index < -0.39 is 340 Å². The van der Waals surface area contributed by atoms with Crippen molar-refractivity contribution in [2.75, 3.05) is 26.4 Å². The summed E-state index contributed by atoms with van der Waals surface area (Å²) in [5.41, 5.74) is 1.66. The molecule has 23 atom stereocenters. The molecule has 26 N–H and O–H groups in total. The van der Waals surface area contributed by atoms with Crippen LogP contribution in [-0.4, -0.2) is 266 Å². The van der Waals surface area contributed by atoms with Gasteiger partial charge >= 0.3 is 5.97 Å². The van der Waals surface area contributed by atoms with E-state index in [0.29, 0.717) is 18.8 Å². The number of ether oxygens (including phenoxy) is 9. The molecule has 7 aromatic rings. The maximum Gasteiger partial charge on any atom is 0.330 e. The number of benzene rings is 7. The van der Waals surface area contributed by atoms with Gasteiger partial charge in [-0.25, -0.2) is 4.79 Å². The quantitative estimate of drug-likeness (QED) is 0.0425. The molecule has 44 nitrogen and oxygen atoms in total. The van der Waals surface area contributed by atoms with E-state index in [1.807, 2.05) is 0 Å². The van der Waals surface area contributed by atoms with Crippen LogP contribution in [0.4, 0.5) is 0 Å². The summed E-state index contributed by atoms with van der Waals surface area (Å²) in [6, 6.07) is -0.258. The number of aliphatic hydroxyl groups excluding tert-OH is 10.